The maximum Gasteiger partial charge on any atom is 0.252 e. The summed E-state index contributed by atoms with van der Waals surface area (Å²) in [6, 6.07) is 19.4. The first-order valence-electron chi connectivity index (χ1n) is 15.1. The number of fused-ring (bicyclic) bond motifs is 1. The van der Waals surface area contributed by atoms with Crippen molar-refractivity contribution in [3.05, 3.63) is 101 Å². The van der Waals surface area contributed by atoms with E-state index >= 15 is 0 Å². The van der Waals surface area contributed by atoms with Crippen molar-refractivity contribution in [2.75, 3.05) is 6.54 Å². The van der Waals surface area contributed by atoms with E-state index in [0.717, 1.165) is 41.7 Å². The minimum Gasteiger partial charge on any atom is -0.340 e. The van der Waals surface area contributed by atoms with Crippen molar-refractivity contribution < 1.29 is 12.4 Å². The third kappa shape index (κ3) is 8.29. The van der Waals surface area contributed by atoms with Gasteiger partial charge >= 0.3 is 0 Å². The molecule has 1 atom stereocenters. The van der Waals surface area contributed by atoms with Crippen LogP contribution < -0.4 is 5.32 Å². The van der Waals surface area contributed by atoms with E-state index in [1.807, 2.05) is 62.4 Å². The Kier molecular flexibility index (Phi) is 11.4. The van der Waals surface area contributed by atoms with Gasteiger partial charge in [0.2, 0.25) is 0 Å². The van der Waals surface area contributed by atoms with Crippen molar-refractivity contribution >= 4 is 40.5 Å². The maximum atomic E-state index is 13.7. The van der Waals surface area contributed by atoms with Crippen LogP contribution in [0.5, 0.6) is 0 Å². The van der Waals surface area contributed by atoms with Crippen molar-refractivity contribution in [3.8, 4) is 0 Å². The molecule has 0 spiro atoms. The van der Waals surface area contributed by atoms with Gasteiger partial charge in [0.15, 0.2) is 0 Å². The molecule has 0 saturated heterocycles. The lowest BCUT2D eigenvalue weighted by Gasteiger charge is -2.25. The molecule has 0 saturated carbocycles. The number of imidazole rings is 1. The van der Waals surface area contributed by atoms with Gasteiger partial charge in [0.05, 0.1) is 23.9 Å². The summed E-state index contributed by atoms with van der Waals surface area (Å²) in [6.07, 6.45) is 6.47. The maximum absolute atomic E-state index is 13.7. The van der Waals surface area contributed by atoms with Crippen LogP contribution in [0.3, 0.4) is 0 Å². The lowest BCUT2D eigenvalue weighted by Crippen LogP contribution is -2.49. The van der Waals surface area contributed by atoms with Gasteiger partial charge in [-0.05, 0) is 60.4 Å². The molecule has 1 N–H and O–H groups in total. The summed E-state index contributed by atoms with van der Waals surface area (Å²) in [5.74, 6) is 0.694. The van der Waals surface area contributed by atoms with Crippen molar-refractivity contribution in [3.63, 3.8) is 0 Å². The first-order valence-corrected chi connectivity index (χ1v) is 16.0. The number of amides is 2. The van der Waals surface area contributed by atoms with Gasteiger partial charge in [-0.25, -0.2) is 4.98 Å². The molecule has 0 aliphatic rings. The number of rotatable bonds is 15. The number of carbonyl (C=O) groups is 2. The zero-order valence-electron chi connectivity index (χ0n) is 25.7. The van der Waals surface area contributed by atoms with Crippen LogP contribution in [0.25, 0.3) is 11.0 Å². The minimum atomic E-state index is -0.706. The fraction of sp³-hybridized carbons (Fsp3) is 0.371. The minimum absolute atomic E-state index is 0. The van der Waals surface area contributed by atoms with E-state index in [2.05, 4.69) is 52.8 Å². The highest BCUT2D eigenvalue weighted by atomic mass is 32.1. The summed E-state index contributed by atoms with van der Waals surface area (Å²) in [4.78, 5) is 39.6. The average Bonchev–Trinajstić information content (AvgIpc) is 3.64. The van der Waals surface area contributed by atoms with Crippen molar-refractivity contribution in [2.24, 2.45) is 10.9 Å². The zero-order chi connectivity index (χ0) is 30.8. The number of aromatic nitrogens is 2. The van der Waals surface area contributed by atoms with Crippen LogP contribution in [0.15, 0.2) is 83.7 Å². The molecule has 2 heterocycles. The van der Waals surface area contributed by atoms with E-state index in [1.54, 1.807) is 23.8 Å². The van der Waals surface area contributed by atoms with E-state index in [9.17, 15) is 9.59 Å². The lowest BCUT2D eigenvalue weighted by molar-refractivity contribution is -0.129. The second-order valence-electron chi connectivity index (χ2n) is 11.2. The Morgan fingerprint density at radius 3 is 2.53 bits per heavy atom. The Labute approximate surface area is 262 Å². The zero-order valence-corrected chi connectivity index (χ0v) is 26.5. The summed E-state index contributed by atoms with van der Waals surface area (Å²) in [5.41, 5.74) is 3.36. The fourth-order valence-corrected chi connectivity index (χ4v) is 6.04. The highest BCUT2D eigenvalue weighted by molar-refractivity contribution is 7.09. The molecule has 0 bridgehead atoms. The second-order valence-corrected chi connectivity index (χ2v) is 12.2. The van der Waals surface area contributed by atoms with Gasteiger partial charge in [-0.15, -0.1) is 17.9 Å². The van der Waals surface area contributed by atoms with Crippen molar-refractivity contribution in [1.29, 1.82) is 0 Å². The van der Waals surface area contributed by atoms with Gasteiger partial charge in [0.1, 0.15) is 11.9 Å². The summed E-state index contributed by atoms with van der Waals surface area (Å²) in [6.45, 7) is 13.1. The molecule has 2 amide bonds. The number of nitrogens with zero attached hydrogens (tertiary/aromatic N) is 4. The molecule has 0 aliphatic heterocycles. The van der Waals surface area contributed by atoms with Crippen molar-refractivity contribution in [1.82, 2.24) is 19.8 Å². The summed E-state index contributed by atoms with van der Waals surface area (Å²) in [7, 11) is 0. The smallest absolute Gasteiger partial charge is 0.252 e. The van der Waals surface area contributed by atoms with E-state index in [-0.39, 0.29) is 20.6 Å². The molecule has 43 heavy (non-hydrogen) atoms. The van der Waals surface area contributed by atoms with Crippen LogP contribution >= 0.6 is 11.3 Å². The molecule has 2 aromatic carbocycles. The van der Waals surface area contributed by atoms with Crippen LogP contribution in [0.2, 0.25) is 0 Å². The number of aliphatic imine (C=N–C) groups is 1. The second kappa shape index (κ2) is 15.4. The Morgan fingerprint density at radius 1 is 1.12 bits per heavy atom. The largest absolute Gasteiger partial charge is 0.340 e. The molecular weight excluding hydrogens is 554 g/mol. The van der Waals surface area contributed by atoms with Gasteiger partial charge in [0.25, 0.3) is 11.8 Å². The molecule has 8 heteroatoms. The molecule has 0 radical (unpaired) electrons. The Morgan fingerprint density at radius 2 is 1.88 bits per heavy atom. The molecule has 0 fully saturated rings. The van der Waals surface area contributed by atoms with E-state index in [0.29, 0.717) is 31.1 Å². The lowest BCUT2D eigenvalue weighted by atomic mass is 10.0. The van der Waals surface area contributed by atoms with E-state index in [1.165, 1.54) is 9.78 Å². The SMILES string of the molecule is C=CCN(C=NCc1ccccc1)C(=O)[C@H](CC(C)C)NC(=O)c1ccc2c(c1)nc(Cc1cccs1)n2C(CC)CC.[HH].[HH]. The average molecular weight is 602 g/mol. The first-order chi connectivity index (χ1) is 20.8. The van der Waals surface area contributed by atoms with Crippen LogP contribution in [0, 0.1) is 5.92 Å². The molecule has 4 aromatic rings. The van der Waals surface area contributed by atoms with E-state index < -0.39 is 6.04 Å². The number of benzene rings is 2. The van der Waals surface area contributed by atoms with Crippen molar-refractivity contribution in [2.45, 2.75) is 72.0 Å². The number of carbonyl (C=O) groups excluding carboxylic acids is 2. The number of hydrogen-bond donors (Lipinski definition) is 1. The van der Waals surface area contributed by atoms with Crippen LogP contribution in [0.4, 0.5) is 0 Å². The van der Waals surface area contributed by atoms with Gasteiger partial charge in [-0.1, -0.05) is 70.2 Å². The van der Waals surface area contributed by atoms with Gasteiger partial charge in [0, 0.05) is 32.3 Å². The molecule has 7 nitrogen and oxygen atoms in total. The van der Waals surface area contributed by atoms with Crippen LogP contribution in [-0.2, 0) is 17.8 Å². The van der Waals surface area contributed by atoms with Crippen LogP contribution in [0.1, 0.15) is 82.5 Å². The first kappa shape index (κ1) is 31.9. The number of thiophene rings is 1. The summed E-state index contributed by atoms with van der Waals surface area (Å²) < 4.78 is 2.34. The highest BCUT2D eigenvalue weighted by Gasteiger charge is 2.27. The Balaban J connectivity index is 0.00000353. The normalized spacial score (nSPS) is 12.3. The molecule has 2 aromatic heterocycles. The highest BCUT2D eigenvalue weighted by Crippen LogP contribution is 2.28. The number of nitrogens with one attached hydrogen (secondary N) is 1. The third-order valence-corrected chi connectivity index (χ3v) is 8.38. The molecule has 4 rings (SSSR count). The van der Waals surface area contributed by atoms with Crippen LogP contribution in [-0.4, -0.2) is 45.2 Å². The van der Waals surface area contributed by atoms with Gasteiger partial charge in [-0.3, -0.25) is 19.5 Å². The predicted molar refractivity (Wildman–Crippen MR) is 182 cm³/mol. The van der Waals surface area contributed by atoms with Gasteiger partial charge < -0.3 is 9.88 Å². The monoisotopic (exact) mass is 601 g/mol. The molecule has 0 aliphatic carbocycles. The quantitative estimate of drug-likeness (QED) is 0.0854. The third-order valence-electron chi connectivity index (χ3n) is 7.50. The predicted octanol–water partition coefficient (Wildman–Crippen LogP) is 7.93. The molecule has 230 valence electrons. The molecule has 0 unspecified atom stereocenters. The summed E-state index contributed by atoms with van der Waals surface area (Å²) >= 11 is 1.73. The standard InChI is InChI=1S/C35H43N5O2S.2H2/c1-6-18-39(24-36-23-26-13-10-9-11-14-26)35(42)31(20-25(4)5)38-34(41)27-16-17-32-30(21-27)37-33(22-29-15-12-19-43-29)40(32)28(7-2)8-3;;/h6,9-17,19,21,24-25,28,31H,1,7-8,18,20,22-23H2,2-5H3,(H,38,41);2*1H/t31-;;/m0../s1. The molecular formula is C35H47N5O2S. The topological polar surface area (TPSA) is 79.6 Å². The Hall–Kier alpha value is -4.04. The summed E-state index contributed by atoms with van der Waals surface area (Å²) in [5, 5.41) is 5.11. The fourth-order valence-electron chi connectivity index (χ4n) is 5.34. The van der Waals surface area contributed by atoms with Gasteiger partial charge in [-0.2, -0.15) is 0 Å². The Bertz CT molecular complexity index is 1530. The van der Waals surface area contributed by atoms with E-state index in [4.69, 9.17) is 4.98 Å². The number of hydrogen-bond acceptors (Lipinski definition) is 5.